The van der Waals surface area contributed by atoms with Crippen molar-refractivity contribution in [1.82, 2.24) is 19.9 Å². The van der Waals surface area contributed by atoms with E-state index >= 15 is 0 Å². The third-order valence-electron chi connectivity index (χ3n) is 4.30. The maximum Gasteiger partial charge on any atom is 0.258 e. The Morgan fingerprint density at radius 2 is 1.96 bits per heavy atom. The van der Waals surface area contributed by atoms with Crippen molar-refractivity contribution in [1.29, 1.82) is 0 Å². The molecule has 2 heterocycles. The number of halogens is 1. The lowest BCUT2D eigenvalue weighted by Crippen LogP contribution is -2.05. The summed E-state index contributed by atoms with van der Waals surface area (Å²) >= 11 is 6.32. The van der Waals surface area contributed by atoms with Gasteiger partial charge >= 0.3 is 0 Å². The van der Waals surface area contributed by atoms with E-state index < -0.39 is 0 Å². The maximum atomic E-state index is 6.32. The van der Waals surface area contributed by atoms with Crippen molar-refractivity contribution in [2.24, 2.45) is 0 Å². The van der Waals surface area contributed by atoms with Crippen molar-refractivity contribution in [3.63, 3.8) is 0 Å². The zero-order valence-corrected chi connectivity index (χ0v) is 16.8. The zero-order chi connectivity index (χ0) is 19.7. The molecule has 0 bridgehead atoms. The number of aromatic nitrogens is 4. The van der Waals surface area contributed by atoms with Gasteiger partial charge in [0.1, 0.15) is 5.75 Å². The highest BCUT2D eigenvalue weighted by molar-refractivity contribution is 6.32. The minimum atomic E-state index is 0.0509. The summed E-state index contributed by atoms with van der Waals surface area (Å²) < 4.78 is 13.1. The first kappa shape index (κ1) is 18.5. The van der Waals surface area contributed by atoms with Crippen LogP contribution in [0.2, 0.25) is 5.02 Å². The van der Waals surface area contributed by atoms with E-state index in [0.717, 1.165) is 35.0 Å². The number of benzene rings is 2. The molecule has 28 heavy (non-hydrogen) atoms. The molecule has 0 aliphatic heterocycles. The second-order valence-electron chi connectivity index (χ2n) is 6.88. The summed E-state index contributed by atoms with van der Waals surface area (Å²) in [7, 11) is 0. The number of aryl methyl sites for hydroxylation is 1. The van der Waals surface area contributed by atoms with E-state index in [0.29, 0.717) is 22.5 Å². The molecule has 0 spiro atoms. The first-order valence-electron chi connectivity index (χ1n) is 9.31. The number of hydrogen-bond acceptors (Lipinski definition) is 5. The van der Waals surface area contributed by atoms with Gasteiger partial charge in [-0.05, 0) is 56.7 Å². The fourth-order valence-corrected chi connectivity index (χ4v) is 3.28. The molecule has 0 amide bonds. The predicted octanol–water partition coefficient (Wildman–Crippen LogP) is 5.60. The predicted molar refractivity (Wildman–Crippen MR) is 110 cm³/mol. The molecule has 0 radical (unpaired) electrons. The van der Waals surface area contributed by atoms with Crippen molar-refractivity contribution < 1.29 is 9.26 Å². The van der Waals surface area contributed by atoms with Crippen molar-refractivity contribution in [3.05, 3.63) is 47.6 Å². The van der Waals surface area contributed by atoms with E-state index in [1.807, 2.05) is 55.1 Å². The molecule has 0 aliphatic carbocycles. The Bertz CT molecular complexity index is 1120. The van der Waals surface area contributed by atoms with Crippen molar-refractivity contribution in [2.75, 3.05) is 0 Å². The maximum absolute atomic E-state index is 6.32. The van der Waals surface area contributed by atoms with Crippen LogP contribution in [0, 0.1) is 0 Å². The Morgan fingerprint density at radius 1 is 1.14 bits per heavy atom. The summed E-state index contributed by atoms with van der Waals surface area (Å²) in [5, 5.41) is 10.1. The van der Waals surface area contributed by atoms with E-state index in [-0.39, 0.29) is 6.10 Å². The highest BCUT2D eigenvalue weighted by Crippen LogP contribution is 2.31. The summed E-state index contributed by atoms with van der Waals surface area (Å²) in [5.41, 5.74) is 2.72. The third-order valence-corrected chi connectivity index (χ3v) is 4.60. The normalized spacial score (nSPS) is 11.5. The number of hydrogen-bond donors (Lipinski definition) is 0. The van der Waals surface area contributed by atoms with E-state index in [1.54, 1.807) is 6.07 Å². The first-order valence-corrected chi connectivity index (χ1v) is 9.69. The summed E-state index contributed by atoms with van der Waals surface area (Å²) in [4.78, 5) is 4.53. The van der Waals surface area contributed by atoms with E-state index in [1.165, 1.54) is 0 Å². The van der Waals surface area contributed by atoms with Gasteiger partial charge in [-0.1, -0.05) is 23.7 Å². The van der Waals surface area contributed by atoms with Gasteiger partial charge in [-0.25, -0.2) is 0 Å². The minimum Gasteiger partial charge on any atom is -0.489 e. The fraction of sp³-hybridized carbons (Fsp3) is 0.286. The van der Waals surface area contributed by atoms with Crippen LogP contribution in [0.15, 0.2) is 47.1 Å². The van der Waals surface area contributed by atoms with Gasteiger partial charge in [0.05, 0.1) is 22.8 Å². The molecule has 0 saturated carbocycles. The van der Waals surface area contributed by atoms with Crippen LogP contribution in [-0.4, -0.2) is 26.0 Å². The van der Waals surface area contributed by atoms with Crippen molar-refractivity contribution in [2.45, 2.75) is 39.8 Å². The molecule has 0 fully saturated rings. The average molecular weight is 397 g/mol. The van der Waals surface area contributed by atoms with Crippen LogP contribution < -0.4 is 4.74 Å². The summed E-state index contributed by atoms with van der Waals surface area (Å²) in [6.07, 6.45) is 2.95. The lowest BCUT2D eigenvalue weighted by molar-refractivity contribution is 0.242. The largest absolute Gasteiger partial charge is 0.489 e. The molecule has 0 N–H and O–H groups in total. The fourth-order valence-electron chi connectivity index (χ4n) is 3.06. The van der Waals surface area contributed by atoms with Crippen LogP contribution >= 0.6 is 11.6 Å². The third kappa shape index (κ3) is 3.60. The molecule has 4 rings (SSSR count). The smallest absolute Gasteiger partial charge is 0.258 e. The quantitative estimate of drug-likeness (QED) is 0.424. The summed E-state index contributed by atoms with van der Waals surface area (Å²) in [6, 6.07) is 11.5. The van der Waals surface area contributed by atoms with Gasteiger partial charge in [-0.2, -0.15) is 10.1 Å². The number of nitrogens with zero attached hydrogens (tertiary/aromatic N) is 4. The van der Waals surface area contributed by atoms with Crippen molar-refractivity contribution in [3.8, 4) is 28.6 Å². The van der Waals surface area contributed by atoms with Gasteiger partial charge in [-0.3, -0.25) is 4.68 Å². The highest BCUT2D eigenvalue weighted by atomic mass is 35.5. The molecule has 0 unspecified atom stereocenters. The monoisotopic (exact) mass is 396 g/mol. The molecule has 2 aromatic carbocycles. The van der Waals surface area contributed by atoms with Crippen LogP contribution in [-0.2, 0) is 6.54 Å². The molecule has 0 saturated heterocycles. The van der Waals surface area contributed by atoms with Gasteiger partial charge in [0.2, 0.25) is 5.82 Å². The molecule has 6 nitrogen and oxygen atoms in total. The van der Waals surface area contributed by atoms with E-state index in [9.17, 15) is 0 Å². The molecule has 7 heteroatoms. The highest BCUT2D eigenvalue weighted by Gasteiger charge is 2.14. The topological polar surface area (TPSA) is 66.0 Å². The molecule has 144 valence electrons. The Balaban J connectivity index is 1.62. The lowest BCUT2D eigenvalue weighted by Gasteiger charge is -2.11. The number of ether oxygens (including phenoxy) is 1. The van der Waals surface area contributed by atoms with Gasteiger partial charge in [0, 0.05) is 23.1 Å². The standard InChI is InChI=1S/C21H21ClN4O2/c1-4-9-26-18-7-5-14(10-16(18)12-23-26)20-24-21(28-25-20)15-6-8-19(17(22)11-15)27-13(2)3/h5-8,10-13H,4,9H2,1-3H3. The van der Waals surface area contributed by atoms with Crippen LogP contribution in [0.5, 0.6) is 5.75 Å². The minimum absolute atomic E-state index is 0.0509. The SMILES string of the molecule is CCCn1ncc2cc(-c3noc(-c4ccc(OC(C)C)c(Cl)c4)n3)ccc21. The van der Waals surface area contributed by atoms with Gasteiger partial charge in [0.15, 0.2) is 0 Å². The molecule has 0 aliphatic rings. The van der Waals surface area contributed by atoms with Crippen LogP contribution in [0.1, 0.15) is 27.2 Å². The molecular formula is C21H21ClN4O2. The Hall–Kier alpha value is -2.86. The molecular weight excluding hydrogens is 376 g/mol. The van der Waals surface area contributed by atoms with Crippen LogP contribution in [0.4, 0.5) is 0 Å². The first-order chi connectivity index (χ1) is 13.5. The Labute approximate surface area is 168 Å². The molecule has 2 aromatic heterocycles. The lowest BCUT2D eigenvalue weighted by atomic mass is 10.1. The van der Waals surface area contributed by atoms with E-state index in [4.69, 9.17) is 20.9 Å². The number of rotatable bonds is 6. The van der Waals surface area contributed by atoms with Crippen LogP contribution in [0.25, 0.3) is 33.7 Å². The van der Waals surface area contributed by atoms with E-state index in [2.05, 4.69) is 22.2 Å². The Morgan fingerprint density at radius 3 is 2.71 bits per heavy atom. The second kappa shape index (κ2) is 7.64. The number of fused-ring (bicyclic) bond motifs is 1. The average Bonchev–Trinajstić information content (AvgIpc) is 3.31. The zero-order valence-electron chi connectivity index (χ0n) is 16.0. The van der Waals surface area contributed by atoms with Crippen molar-refractivity contribution >= 4 is 22.5 Å². The van der Waals surface area contributed by atoms with Gasteiger partial charge < -0.3 is 9.26 Å². The molecule has 4 aromatic rings. The van der Waals surface area contributed by atoms with Gasteiger partial charge in [0.25, 0.3) is 5.89 Å². The summed E-state index contributed by atoms with van der Waals surface area (Å²) in [6.45, 7) is 6.94. The summed E-state index contributed by atoms with van der Waals surface area (Å²) in [5.74, 6) is 1.57. The second-order valence-corrected chi connectivity index (χ2v) is 7.28. The van der Waals surface area contributed by atoms with Crippen LogP contribution in [0.3, 0.4) is 0 Å². The Kier molecular flexibility index (Phi) is 5.05. The van der Waals surface area contributed by atoms with Gasteiger partial charge in [-0.15, -0.1) is 0 Å². The molecule has 0 atom stereocenters.